The first kappa shape index (κ1) is 22.3. The lowest BCUT2D eigenvalue weighted by molar-refractivity contribution is 0.0927. The van der Waals surface area contributed by atoms with Crippen molar-refractivity contribution in [3.63, 3.8) is 0 Å². The van der Waals surface area contributed by atoms with Crippen LogP contribution in [0, 0.1) is 0 Å². The van der Waals surface area contributed by atoms with Crippen LogP contribution in [0.4, 0.5) is 0 Å². The number of hydrogen-bond acceptors (Lipinski definition) is 4. The van der Waals surface area contributed by atoms with Crippen molar-refractivity contribution in [3.8, 4) is 5.75 Å². The summed E-state index contributed by atoms with van der Waals surface area (Å²) in [7, 11) is -2.11. The van der Waals surface area contributed by atoms with E-state index in [1.807, 2.05) is 6.92 Å². The van der Waals surface area contributed by atoms with Gasteiger partial charge in [-0.25, -0.2) is 8.42 Å². The molecule has 0 saturated heterocycles. The van der Waals surface area contributed by atoms with E-state index in [1.165, 1.54) is 17.8 Å². The minimum atomic E-state index is -3.65. The predicted octanol–water partition coefficient (Wildman–Crippen LogP) is 3.97. The third-order valence-electron chi connectivity index (χ3n) is 5.41. The molecular formula is C23H30N2O4S. The molecule has 1 aliphatic rings. The van der Waals surface area contributed by atoms with Gasteiger partial charge < -0.3 is 10.1 Å². The van der Waals surface area contributed by atoms with E-state index in [-0.39, 0.29) is 23.4 Å². The quantitative estimate of drug-likeness (QED) is 0.688. The van der Waals surface area contributed by atoms with Gasteiger partial charge in [-0.3, -0.25) is 4.79 Å². The Hall–Kier alpha value is -2.38. The molecule has 3 rings (SSSR count). The second-order valence-corrected chi connectivity index (χ2v) is 9.68. The SMILES string of the molecule is CCOc1ccc(C(=O)NC2CCCCC2)cc1CN(C)S(=O)(=O)c1ccccc1. The lowest BCUT2D eigenvalue weighted by Gasteiger charge is -2.23. The third kappa shape index (κ3) is 5.40. The van der Waals surface area contributed by atoms with Gasteiger partial charge in [0.05, 0.1) is 11.5 Å². The van der Waals surface area contributed by atoms with Crippen LogP contribution in [0.3, 0.4) is 0 Å². The number of hydrogen-bond donors (Lipinski definition) is 1. The summed E-state index contributed by atoms with van der Waals surface area (Å²) in [5, 5.41) is 3.11. The number of benzene rings is 2. The summed E-state index contributed by atoms with van der Waals surface area (Å²) in [4.78, 5) is 13.0. The molecule has 0 bridgehead atoms. The van der Waals surface area contributed by atoms with Crippen molar-refractivity contribution in [1.29, 1.82) is 0 Å². The molecule has 1 N–H and O–H groups in total. The van der Waals surface area contributed by atoms with E-state index < -0.39 is 10.0 Å². The molecule has 0 radical (unpaired) electrons. The molecule has 0 atom stereocenters. The van der Waals surface area contributed by atoms with Crippen LogP contribution in [0.1, 0.15) is 54.9 Å². The Bertz CT molecular complexity index is 954. The van der Waals surface area contributed by atoms with Gasteiger partial charge in [0, 0.05) is 30.8 Å². The highest BCUT2D eigenvalue weighted by Crippen LogP contribution is 2.25. The normalized spacial score (nSPS) is 15.2. The van der Waals surface area contributed by atoms with Crippen molar-refractivity contribution in [2.45, 2.75) is 56.5 Å². The molecule has 0 heterocycles. The van der Waals surface area contributed by atoms with Crippen LogP contribution >= 0.6 is 0 Å². The van der Waals surface area contributed by atoms with Crippen molar-refractivity contribution in [2.24, 2.45) is 0 Å². The Morgan fingerprint density at radius 1 is 1.10 bits per heavy atom. The molecule has 0 aromatic heterocycles. The van der Waals surface area contributed by atoms with Crippen LogP contribution < -0.4 is 10.1 Å². The molecule has 0 unspecified atom stereocenters. The number of nitrogens with zero attached hydrogens (tertiary/aromatic N) is 1. The van der Waals surface area contributed by atoms with E-state index in [0.29, 0.717) is 23.5 Å². The maximum atomic E-state index is 12.9. The summed E-state index contributed by atoms with van der Waals surface area (Å²) in [6.07, 6.45) is 5.52. The molecule has 2 aromatic carbocycles. The third-order valence-corrected chi connectivity index (χ3v) is 7.22. The average molecular weight is 431 g/mol. The smallest absolute Gasteiger partial charge is 0.251 e. The standard InChI is InChI=1S/C23H30N2O4S/c1-3-29-22-15-14-18(23(26)24-20-10-6-4-7-11-20)16-19(22)17-25(2)30(27,28)21-12-8-5-9-13-21/h5,8-9,12-16,20H,3-4,6-7,10-11,17H2,1-2H3,(H,24,26). The van der Waals surface area contributed by atoms with Gasteiger partial charge in [-0.05, 0) is 50.1 Å². The molecule has 7 heteroatoms. The number of sulfonamides is 1. The lowest BCUT2D eigenvalue weighted by Crippen LogP contribution is -2.36. The summed E-state index contributed by atoms with van der Waals surface area (Å²) in [6, 6.07) is 13.7. The fourth-order valence-corrected chi connectivity index (χ4v) is 4.92. The maximum Gasteiger partial charge on any atom is 0.251 e. The molecule has 1 amide bonds. The van der Waals surface area contributed by atoms with Gasteiger partial charge in [-0.1, -0.05) is 37.5 Å². The minimum absolute atomic E-state index is 0.108. The molecular weight excluding hydrogens is 400 g/mol. The number of ether oxygens (including phenoxy) is 1. The molecule has 2 aromatic rings. The second-order valence-electron chi connectivity index (χ2n) is 7.64. The second kappa shape index (κ2) is 10.1. The lowest BCUT2D eigenvalue weighted by atomic mass is 9.95. The fraction of sp³-hybridized carbons (Fsp3) is 0.435. The van der Waals surface area contributed by atoms with Crippen molar-refractivity contribution in [2.75, 3.05) is 13.7 Å². The summed E-state index contributed by atoms with van der Waals surface area (Å²) in [6.45, 7) is 2.44. The number of nitrogens with one attached hydrogen (secondary N) is 1. The van der Waals surface area contributed by atoms with Crippen LogP contribution in [0.5, 0.6) is 5.75 Å². The zero-order chi connectivity index (χ0) is 21.6. The highest BCUT2D eigenvalue weighted by Gasteiger charge is 2.23. The monoisotopic (exact) mass is 430 g/mol. The van der Waals surface area contributed by atoms with Gasteiger partial charge >= 0.3 is 0 Å². The molecule has 1 fully saturated rings. The summed E-state index contributed by atoms with van der Waals surface area (Å²) < 4.78 is 32.8. The molecule has 0 aliphatic heterocycles. The molecule has 6 nitrogen and oxygen atoms in total. The Morgan fingerprint density at radius 3 is 2.47 bits per heavy atom. The van der Waals surface area contributed by atoms with E-state index in [2.05, 4.69) is 5.32 Å². The summed E-state index contributed by atoms with van der Waals surface area (Å²) in [5.74, 6) is 0.460. The fourth-order valence-electron chi connectivity index (χ4n) is 3.75. The van der Waals surface area contributed by atoms with E-state index in [9.17, 15) is 13.2 Å². The van der Waals surface area contributed by atoms with E-state index >= 15 is 0 Å². The predicted molar refractivity (Wildman–Crippen MR) is 117 cm³/mol. The first-order valence-electron chi connectivity index (χ1n) is 10.5. The Kier molecular flexibility index (Phi) is 7.50. The zero-order valence-corrected chi connectivity index (χ0v) is 18.5. The molecule has 162 valence electrons. The number of amides is 1. The number of carbonyl (C=O) groups excluding carboxylic acids is 1. The maximum absolute atomic E-state index is 12.9. The van der Waals surface area contributed by atoms with E-state index in [4.69, 9.17) is 4.74 Å². The van der Waals surface area contributed by atoms with E-state index in [0.717, 1.165) is 25.7 Å². The first-order valence-corrected chi connectivity index (χ1v) is 11.9. The minimum Gasteiger partial charge on any atom is -0.494 e. The zero-order valence-electron chi connectivity index (χ0n) is 17.6. The van der Waals surface area contributed by atoms with Crippen molar-refractivity contribution < 1.29 is 17.9 Å². The number of carbonyl (C=O) groups is 1. The van der Waals surface area contributed by atoms with Gasteiger partial charge in [0.25, 0.3) is 5.91 Å². The van der Waals surface area contributed by atoms with Crippen LogP contribution in [0.2, 0.25) is 0 Å². The van der Waals surface area contributed by atoms with Crippen LogP contribution in [-0.4, -0.2) is 38.3 Å². The van der Waals surface area contributed by atoms with Crippen LogP contribution in [0.15, 0.2) is 53.4 Å². The molecule has 30 heavy (non-hydrogen) atoms. The average Bonchev–Trinajstić information content (AvgIpc) is 2.76. The van der Waals surface area contributed by atoms with Crippen molar-refractivity contribution in [3.05, 3.63) is 59.7 Å². The Balaban J connectivity index is 1.81. The van der Waals surface area contributed by atoms with Gasteiger partial charge in [0.2, 0.25) is 10.0 Å². The van der Waals surface area contributed by atoms with Gasteiger partial charge in [0.1, 0.15) is 5.75 Å². The largest absolute Gasteiger partial charge is 0.494 e. The summed E-state index contributed by atoms with van der Waals surface area (Å²) >= 11 is 0. The Labute approximate surface area is 179 Å². The van der Waals surface area contributed by atoms with Crippen molar-refractivity contribution >= 4 is 15.9 Å². The van der Waals surface area contributed by atoms with Crippen molar-refractivity contribution in [1.82, 2.24) is 9.62 Å². The summed E-state index contributed by atoms with van der Waals surface area (Å²) in [5.41, 5.74) is 1.18. The van der Waals surface area contributed by atoms with Crippen LogP contribution in [-0.2, 0) is 16.6 Å². The van der Waals surface area contributed by atoms with E-state index in [1.54, 1.807) is 48.5 Å². The van der Waals surface area contributed by atoms with Gasteiger partial charge in [-0.2, -0.15) is 4.31 Å². The molecule has 1 aliphatic carbocycles. The number of rotatable bonds is 8. The highest BCUT2D eigenvalue weighted by atomic mass is 32.2. The Morgan fingerprint density at radius 2 is 1.80 bits per heavy atom. The van der Waals surface area contributed by atoms with Gasteiger partial charge in [-0.15, -0.1) is 0 Å². The highest BCUT2D eigenvalue weighted by molar-refractivity contribution is 7.89. The van der Waals surface area contributed by atoms with Crippen LogP contribution in [0.25, 0.3) is 0 Å². The first-order chi connectivity index (χ1) is 14.4. The van der Waals surface area contributed by atoms with Gasteiger partial charge in [0.15, 0.2) is 0 Å². The molecule has 0 spiro atoms. The topological polar surface area (TPSA) is 75.7 Å². The molecule has 1 saturated carbocycles.